The Hall–Kier alpha value is -0.160. The largest absolute Gasteiger partial charge is 0.396 e. The molecule has 0 aliphatic carbocycles. The van der Waals surface area contributed by atoms with E-state index in [-0.39, 0.29) is 0 Å². The minimum absolute atomic E-state index is 0.334. The molecule has 0 radical (unpaired) electrons. The molecule has 1 saturated heterocycles. The molecule has 0 saturated carbocycles. The summed E-state index contributed by atoms with van der Waals surface area (Å²) in [6, 6.07) is 0. The zero-order valence-corrected chi connectivity index (χ0v) is 9.65. The molecule has 1 N–H and O–H groups in total. The van der Waals surface area contributed by atoms with Gasteiger partial charge < -0.3 is 19.5 Å². The minimum Gasteiger partial charge on any atom is -0.396 e. The van der Waals surface area contributed by atoms with Gasteiger partial charge in [0, 0.05) is 33.4 Å². The van der Waals surface area contributed by atoms with Crippen LogP contribution in [0.2, 0.25) is 0 Å². The summed E-state index contributed by atoms with van der Waals surface area (Å²) in [5, 5.41) is 8.99. The first-order chi connectivity index (χ1) is 7.36. The number of likely N-dealkylation sites (tertiary alicyclic amines) is 1. The van der Waals surface area contributed by atoms with Crippen LogP contribution in [0.5, 0.6) is 0 Å². The summed E-state index contributed by atoms with van der Waals surface area (Å²) in [6.45, 7) is 5.78. The number of methoxy groups -OCH3 is 1. The summed E-state index contributed by atoms with van der Waals surface area (Å²) in [5.41, 5.74) is 0. The highest BCUT2D eigenvalue weighted by molar-refractivity contribution is 4.74. The highest BCUT2D eigenvalue weighted by Gasteiger charge is 2.20. The Balaban J connectivity index is 1.88. The van der Waals surface area contributed by atoms with Crippen LogP contribution in [0.25, 0.3) is 0 Å². The SMILES string of the molecule is COCCOCCCN1CCC(CO)C1. The van der Waals surface area contributed by atoms with E-state index in [0.29, 0.717) is 25.7 Å². The van der Waals surface area contributed by atoms with Gasteiger partial charge in [0.25, 0.3) is 0 Å². The number of nitrogens with zero attached hydrogens (tertiary/aromatic N) is 1. The van der Waals surface area contributed by atoms with Gasteiger partial charge in [-0.25, -0.2) is 0 Å². The maximum atomic E-state index is 8.99. The quantitative estimate of drug-likeness (QED) is 0.596. The predicted octanol–water partition coefficient (Wildman–Crippen LogP) is 0.354. The summed E-state index contributed by atoms with van der Waals surface area (Å²) in [7, 11) is 1.68. The van der Waals surface area contributed by atoms with Crippen LogP contribution in [-0.4, -0.2) is 63.2 Å². The molecule has 90 valence electrons. The molecule has 0 bridgehead atoms. The molecule has 0 aromatic heterocycles. The van der Waals surface area contributed by atoms with E-state index >= 15 is 0 Å². The summed E-state index contributed by atoms with van der Waals surface area (Å²) in [6.07, 6.45) is 2.21. The van der Waals surface area contributed by atoms with Crippen molar-refractivity contribution in [2.24, 2.45) is 5.92 Å². The molecule has 4 heteroatoms. The smallest absolute Gasteiger partial charge is 0.0700 e. The lowest BCUT2D eigenvalue weighted by Gasteiger charge is -2.15. The van der Waals surface area contributed by atoms with Crippen molar-refractivity contribution in [3.63, 3.8) is 0 Å². The molecule has 15 heavy (non-hydrogen) atoms. The summed E-state index contributed by atoms with van der Waals surface area (Å²) < 4.78 is 10.3. The van der Waals surface area contributed by atoms with Crippen molar-refractivity contribution < 1.29 is 14.6 Å². The third-order valence-corrected chi connectivity index (χ3v) is 2.82. The summed E-state index contributed by atoms with van der Waals surface area (Å²) in [4.78, 5) is 2.40. The number of aliphatic hydroxyl groups excluding tert-OH is 1. The van der Waals surface area contributed by atoms with Gasteiger partial charge in [-0.15, -0.1) is 0 Å². The standard InChI is InChI=1S/C11H23NO3/c1-14-7-8-15-6-2-4-12-5-3-11(9-12)10-13/h11,13H,2-10H2,1H3. The first-order valence-corrected chi connectivity index (χ1v) is 5.76. The second kappa shape index (κ2) is 8.05. The molecule has 1 aliphatic rings. The van der Waals surface area contributed by atoms with E-state index in [1.54, 1.807) is 7.11 Å². The maximum Gasteiger partial charge on any atom is 0.0700 e. The fourth-order valence-corrected chi connectivity index (χ4v) is 1.90. The molecular formula is C11H23NO3. The highest BCUT2D eigenvalue weighted by Crippen LogP contribution is 2.15. The van der Waals surface area contributed by atoms with Crippen molar-refractivity contribution in [2.45, 2.75) is 12.8 Å². The Bertz CT molecular complexity index is 155. The maximum absolute atomic E-state index is 8.99. The highest BCUT2D eigenvalue weighted by atomic mass is 16.5. The first-order valence-electron chi connectivity index (χ1n) is 5.76. The van der Waals surface area contributed by atoms with Crippen molar-refractivity contribution in [3.8, 4) is 0 Å². The molecule has 0 aromatic rings. The monoisotopic (exact) mass is 217 g/mol. The van der Waals surface area contributed by atoms with Gasteiger partial charge in [-0.2, -0.15) is 0 Å². The van der Waals surface area contributed by atoms with Gasteiger partial charge in [0.2, 0.25) is 0 Å². The number of aliphatic hydroxyl groups is 1. The van der Waals surface area contributed by atoms with Crippen LogP contribution in [0.3, 0.4) is 0 Å². The number of hydrogen-bond donors (Lipinski definition) is 1. The van der Waals surface area contributed by atoms with Gasteiger partial charge in [0.15, 0.2) is 0 Å². The Labute approximate surface area is 92.2 Å². The first kappa shape index (κ1) is 12.9. The van der Waals surface area contributed by atoms with Gasteiger partial charge in [0.05, 0.1) is 13.2 Å². The second-order valence-corrected chi connectivity index (χ2v) is 4.10. The van der Waals surface area contributed by atoms with Crippen molar-refractivity contribution >= 4 is 0 Å². The van der Waals surface area contributed by atoms with Crippen LogP contribution in [0.4, 0.5) is 0 Å². The number of ether oxygens (including phenoxy) is 2. The Morgan fingerprint density at radius 3 is 2.87 bits per heavy atom. The van der Waals surface area contributed by atoms with E-state index in [2.05, 4.69) is 4.90 Å². The van der Waals surface area contributed by atoms with Gasteiger partial charge >= 0.3 is 0 Å². The average molecular weight is 217 g/mol. The van der Waals surface area contributed by atoms with Crippen molar-refractivity contribution in [3.05, 3.63) is 0 Å². The molecule has 1 fully saturated rings. The van der Waals surface area contributed by atoms with Gasteiger partial charge in [-0.3, -0.25) is 0 Å². The van der Waals surface area contributed by atoms with E-state index in [4.69, 9.17) is 14.6 Å². The van der Waals surface area contributed by atoms with E-state index in [1.165, 1.54) is 0 Å². The molecule has 1 unspecified atom stereocenters. The second-order valence-electron chi connectivity index (χ2n) is 4.10. The predicted molar refractivity (Wildman–Crippen MR) is 58.9 cm³/mol. The fourth-order valence-electron chi connectivity index (χ4n) is 1.90. The van der Waals surface area contributed by atoms with Crippen molar-refractivity contribution in [2.75, 3.05) is 53.2 Å². The normalized spacial score (nSPS) is 22.4. The Morgan fingerprint density at radius 1 is 1.33 bits per heavy atom. The average Bonchev–Trinajstić information content (AvgIpc) is 2.71. The molecule has 0 spiro atoms. The molecule has 1 atom stereocenters. The molecular weight excluding hydrogens is 194 g/mol. The van der Waals surface area contributed by atoms with Crippen LogP contribution < -0.4 is 0 Å². The fraction of sp³-hybridized carbons (Fsp3) is 1.00. The van der Waals surface area contributed by atoms with E-state index < -0.39 is 0 Å². The van der Waals surface area contributed by atoms with Crippen LogP contribution in [0.1, 0.15) is 12.8 Å². The molecule has 1 aliphatic heterocycles. The third kappa shape index (κ3) is 5.47. The minimum atomic E-state index is 0.334. The van der Waals surface area contributed by atoms with Crippen LogP contribution >= 0.6 is 0 Å². The zero-order valence-electron chi connectivity index (χ0n) is 9.65. The lowest BCUT2D eigenvalue weighted by atomic mass is 10.1. The third-order valence-electron chi connectivity index (χ3n) is 2.82. The molecule has 0 aromatic carbocycles. The van der Waals surface area contributed by atoms with Crippen molar-refractivity contribution in [1.82, 2.24) is 4.90 Å². The number of rotatable bonds is 8. The zero-order chi connectivity index (χ0) is 10.9. The molecule has 4 nitrogen and oxygen atoms in total. The van der Waals surface area contributed by atoms with Gasteiger partial charge in [-0.05, 0) is 25.3 Å². The van der Waals surface area contributed by atoms with Crippen LogP contribution in [0.15, 0.2) is 0 Å². The lowest BCUT2D eigenvalue weighted by molar-refractivity contribution is 0.0659. The van der Waals surface area contributed by atoms with E-state index in [1.807, 2.05) is 0 Å². The van der Waals surface area contributed by atoms with E-state index in [0.717, 1.165) is 39.1 Å². The topological polar surface area (TPSA) is 41.9 Å². The van der Waals surface area contributed by atoms with Crippen molar-refractivity contribution in [1.29, 1.82) is 0 Å². The van der Waals surface area contributed by atoms with Gasteiger partial charge in [-0.1, -0.05) is 0 Å². The summed E-state index contributed by atoms with van der Waals surface area (Å²) in [5.74, 6) is 0.499. The summed E-state index contributed by atoms with van der Waals surface area (Å²) >= 11 is 0. The molecule has 1 rings (SSSR count). The Morgan fingerprint density at radius 2 is 2.20 bits per heavy atom. The Kier molecular flexibility index (Phi) is 6.92. The van der Waals surface area contributed by atoms with E-state index in [9.17, 15) is 0 Å². The lowest BCUT2D eigenvalue weighted by Crippen LogP contribution is -2.23. The number of hydrogen-bond acceptors (Lipinski definition) is 4. The van der Waals surface area contributed by atoms with Gasteiger partial charge in [0.1, 0.15) is 0 Å². The van der Waals surface area contributed by atoms with Crippen LogP contribution in [0, 0.1) is 5.92 Å². The molecule has 1 heterocycles. The molecule has 0 amide bonds. The van der Waals surface area contributed by atoms with Crippen LogP contribution in [-0.2, 0) is 9.47 Å².